The molecule has 1 aromatic rings. The van der Waals surface area contributed by atoms with E-state index in [2.05, 4.69) is 0 Å². The standard InChI is InChI=1S/C12H17NO4S/c1-3-4-17-11-5-10(13(15)16)6-12(7-11)18-9(2)8-14/h5-7,9,14H,3-4,8H2,1-2H3. The third-order valence-electron chi connectivity index (χ3n) is 2.14. The molecule has 0 saturated carbocycles. The maximum absolute atomic E-state index is 10.8. The smallest absolute Gasteiger partial charge is 0.274 e. The first-order chi connectivity index (χ1) is 8.56. The molecule has 0 amide bonds. The molecule has 1 N–H and O–H groups in total. The fraction of sp³-hybridized carbons (Fsp3) is 0.500. The van der Waals surface area contributed by atoms with Crippen molar-refractivity contribution in [3.05, 3.63) is 28.3 Å². The van der Waals surface area contributed by atoms with Crippen molar-refractivity contribution < 1.29 is 14.8 Å². The van der Waals surface area contributed by atoms with Crippen LogP contribution >= 0.6 is 11.8 Å². The largest absolute Gasteiger partial charge is 0.493 e. The van der Waals surface area contributed by atoms with E-state index in [1.807, 2.05) is 13.8 Å². The highest BCUT2D eigenvalue weighted by Crippen LogP contribution is 2.31. The van der Waals surface area contributed by atoms with Crippen LogP contribution in [-0.2, 0) is 0 Å². The van der Waals surface area contributed by atoms with Crippen LogP contribution in [0.1, 0.15) is 20.3 Å². The maximum Gasteiger partial charge on any atom is 0.274 e. The first kappa shape index (κ1) is 14.8. The van der Waals surface area contributed by atoms with E-state index in [0.717, 1.165) is 11.3 Å². The number of nitrogens with zero attached hydrogens (tertiary/aromatic N) is 1. The lowest BCUT2D eigenvalue weighted by atomic mass is 10.3. The van der Waals surface area contributed by atoms with E-state index in [0.29, 0.717) is 12.4 Å². The van der Waals surface area contributed by atoms with Gasteiger partial charge in [-0.15, -0.1) is 11.8 Å². The summed E-state index contributed by atoms with van der Waals surface area (Å²) < 4.78 is 5.42. The molecule has 1 atom stereocenters. The molecule has 0 fully saturated rings. The van der Waals surface area contributed by atoms with Crippen LogP contribution in [0.2, 0.25) is 0 Å². The van der Waals surface area contributed by atoms with E-state index >= 15 is 0 Å². The highest BCUT2D eigenvalue weighted by molar-refractivity contribution is 8.00. The zero-order valence-electron chi connectivity index (χ0n) is 10.5. The predicted molar refractivity (Wildman–Crippen MR) is 71.3 cm³/mol. The predicted octanol–water partition coefficient (Wildman–Crippen LogP) is 2.86. The van der Waals surface area contributed by atoms with Crippen molar-refractivity contribution in [3.8, 4) is 5.75 Å². The Morgan fingerprint density at radius 1 is 1.50 bits per heavy atom. The minimum atomic E-state index is -0.438. The molecule has 0 radical (unpaired) electrons. The third kappa shape index (κ3) is 4.54. The van der Waals surface area contributed by atoms with E-state index < -0.39 is 4.92 Å². The molecular weight excluding hydrogens is 254 g/mol. The average molecular weight is 271 g/mol. The van der Waals surface area contributed by atoms with Gasteiger partial charge in [0.05, 0.1) is 24.2 Å². The van der Waals surface area contributed by atoms with Gasteiger partial charge in [-0.05, 0) is 12.5 Å². The first-order valence-electron chi connectivity index (χ1n) is 5.76. The Morgan fingerprint density at radius 3 is 2.78 bits per heavy atom. The summed E-state index contributed by atoms with van der Waals surface area (Å²) in [6.07, 6.45) is 0.845. The van der Waals surface area contributed by atoms with Crippen LogP contribution in [0, 0.1) is 10.1 Å². The van der Waals surface area contributed by atoms with Crippen LogP contribution in [0.25, 0.3) is 0 Å². The van der Waals surface area contributed by atoms with Gasteiger partial charge in [0.1, 0.15) is 5.75 Å². The molecule has 100 valence electrons. The SMILES string of the molecule is CCCOc1cc(SC(C)CO)cc([N+](=O)[O-])c1. The number of hydrogen-bond acceptors (Lipinski definition) is 5. The number of nitro groups is 1. The molecule has 0 heterocycles. The normalized spacial score (nSPS) is 12.2. The van der Waals surface area contributed by atoms with E-state index in [4.69, 9.17) is 9.84 Å². The Hall–Kier alpha value is -1.27. The summed E-state index contributed by atoms with van der Waals surface area (Å²) in [6, 6.07) is 4.68. The van der Waals surface area contributed by atoms with Crippen molar-refractivity contribution in [2.45, 2.75) is 30.4 Å². The number of nitro benzene ring substituents is 1. The Balaban J connectivity index is 2.94. The number of rotatable bonds is 7. The molecule has 0 spiro atoms. The summed E-state index contributed by atoms with van der Waals surface area (Å²) in [5, 5.41) is 19.8. The molecule has 0 aliphatic heterocycles. The molecule has 0 aliphatic carbocycles. The molecular formula is C12H17NO4S. The van der Waals surface area contributed by atoms with Crippen molar-refractivity contribution in [1.29, 1.82) is 0 Å². The van der Waals surface area contributed by atoms with Crippen molar-refractivity contribution >= 4 is 17.4 Å². The van der Waals surface area contributed by atoms with Gasteiger partial charge >= 0.3 is 0 Å². The lowest BCUT2D eigenvalue weighted by Gasteiger charge is -2.10. The van der Waals surface area contributed by atoms with Gasteiger partial charge in [-0.3, -0.25) is 10.1 Å². The number of hydrogen-bond donors (Lipinski definition) is 1. The van der Waals surface area contributed by atoms with E-state index in [9.17, 15) is 10.1 Å². The average Bonchev–Trinajstić information content (AvgIpc) is 2.35. The Labute approximate surface area is 110 Å². The molecule has 0 aliphatic rings. The number of ether oxygens (including phenoxy) is 1. The van der Waals surface area contributed by atoms with Crippen LogP contribution < -0.4 is 4.74 Å². The second kappa shape index (κ2) is 7.23. The lowest BCUT2D eigenvalue weighted by Crippen LogP contribution is -2.02. The number of aliphatic hydroxyl groups excluding tert-OH is 1. The van der Waals surface area contributed by atoms with E-state index in [1.54, 1.807) is 6.07 Å². The summed E-state index contributed by atoms with van der Waals surface area (Å²) in [4.78, 5) is 11.1. The molecule has 0 aromatic heterocycles. The van der Waals surface area contributed by atoms with Crippen molar-refractivity contribution in [2.75, 3.05) is 13.2 Å². The molecule has 0 saturated heterocycles. The third-order valence-corrected chi connectivity index (χ3v) is 3.20. The molecule has 0 bridgehead atoms. The number of non-ortho nitro benzene ring substituents is 1. The van der Waals surface area contributed by atoms with Crippen LogP contribution in [0.5, 0.6) is 5.75 Å². The van der Waals surface area contributed by atoms with Gasteiger partial charge in [0, 0.05) is 16.2 Å². The molecule has 1 unspecified atom stereocenters. The van der Waals surface area contributed by atoms with Gasteiger partial charge in [0.15, 0.2) is 0 Å². The number of benzene rings is 1. The van der Waals surface area contributed by atoms with Gasteiger partial charge in [-0.1, -0.05) is 13.8 Å². The maximum atomic E-state index is 10.8. The number of aliphatic hydroxyl groups is 1. The first-order valence-corrected chi connectivity index (χ1v) is 6.64. The zero-order valence-corrected chi connectivity index (χ0v) is 11.3. The molecule has 5 nitrogen and oxygen atoms in total. The molecule has 1 rings (SSSR count). The Morgan fingerprint density at radius 2 is 2.22 bits per heavy atom. The quantitative estimate of drug-likeness (QED) is 0.469. The van der Waals surface area contributed by atoms with Crippen LogP contribution in [0.3, 0.4) is 0 Å². The van der Waals surface area contributed by atoms with Crippen molar-refractivity contribution in [3.63, 3.8) is 0 Å². The zero-order chi connectivity index (χ0) is 13.5. The summed E-state index contributed by atoms with van der Waals surface area (Å²) in [7, 11) is 0. The lowest BCUT2D eigenvalue weighted by molar-refractivity contribution is -0.385. The second-order valence-corrected chi connectivity index (χ2v) is 5.39. The monoisotopic (exact) mass is 271 g/mol. The van der Waals surface area contributed by atoms with Gasteiger partial charge in [-0.2, -0.15) is 0 Å². The summed E-state index contributed by atoms with van der Waals surface area (Å²) in [6.45, 7) is 4.39. The van der Waals surface area contributed by atoms with Crippen LogP contribution in [0.4, 0.5) is 5.69 Å². The van der Waals surface area contributed by atoms with Crippen molar-refractivity contribution in [2.24, 2.45) is 0 Å². The van der Waals surface area contributed by atoms with Gasteiger partial charge in [0.2, 0.25) is 0 Å². The summed E-state index contributed by atoms with van der Waals surface area (Å²) in [5.41, 5.74) is 0.0104. The van der Waals surface area contributed by atoms with Crippen LogP contribution in [0.15, 0.2) is 23.1 Å². The molecule has 18 heavy (non-hydrogen) atoms. The second-order valence-electron chi connectivity index (χ2n) is 3.88. The molecule has 1 aromatic carbocycles. The Kier molecular flexibility index (Phi) is 5.94. The van der Waals surface area contributed by atoms with Crippen molar-refractivity contribution in [1.82, 2.24) is 0 Å². The highest BCUT2D eigenvalue weighted by atomic mass is 32.2. The fourth-order valence-electron chi connectivity index (χ4n) is 1.30. The van der Waals surface area contributed by atoms with E-state index in [1.165, 1.54) is 23.9 Å². The summed E-state index contributed by atoms with van der Waals surface area (Å²) >= 11 is 1.39. The fourth-order valence-corrected chi connectivity index (χ4v) is 2.22. The highest BCUT2D eigenvalue weighted by Gasteiger charge is 2.12. The summed E-state index contributed by atoms with van der Waals surface area (Å²) in [5.74, 6) is 0.499. The van der Waals surface area contributed by atoms with Gasteiger partial charge in [0.25, 0.3) is 5.69 Å². The van der Waals surface area contributed by atoms with Gasteiger partial charge in [-0.25, -0.2) is 0 Å². The minimum absolute atomic E-state index is 0.00831. The Bertz CT molecular complexity index is 411. The van der Waals surface area contributed by atoms with Crippen LogP contribution in [-0.4, -0.2) is 28.5 Å². The number of thioether (sulfide) groups is 1. The topological polar surface area (TPSA) is 72.6 Å². The van der Waals surface area contributed by atoms with Gasteiger partial charge < -0.3 is 9.84 Å². The van der Waals surface area contributed by atoms with E-state index in [-0.39, 0.29) is 17.5 Å². The minimum Gasteiger partial charge on any atom is -0.493 e. The molecule has 6 heteroatoms.